The van der Waals surface area contributed by atoms with Crippen molar-refractivity contribution >= 4 is 0 Å². The van der Waals surface area contributed by atoms with Crippen molar-refractivity contribution in [1.29, 1.82) is 0 Å². The van der Waals surface area contributed by atoms with Gasteiger partial charge in [-0.15, -0.1) is 0 Å². The Hall–Kier alpha value is -0.830. The molecular formula is C10H17N3. The first kappa shape index (κ1) is 8.75. The molecule has 72 valence electrons. The fraction of sp³-hybridized carbons (Fsp3) is 0.700. The molecule has 13 heavy (non-hydrogen) atoms. The Morgan fingerprint density at radius 1 is 1.62 bits per heavy atom. The first-order chi connectivity index (χ1) is 6.10. The molecule has 3 heteroatoms. The zero-order valence-corrected chi connectivity index (χ0v) is 8.30. The summed E-state index contributed by atoms with van der Waals surface area (Å²) in [4.78, 5) is 7.63. The summed E-state index contributed by atoms with van der Waals surface area (Å²) >= 11 is 0. The molecule has 1 fully saturated rings. The van der Waals surface area contributed by atoms with Crippen molar-refractivity contribution in [3.63, 3.8) is 0 Å². The van der Waals surface area contributed by atoms with Crippen LogP contribution in [0.4, 0.5) is 0 Å². The molecule has 1 aromatic rings. The Morgan fingerprint density at radius 2 is 2.31 bits per heavy atom. The summed E-state index contributed by atoms with van der Waals surface area (Å²) in [5.74, 6) is 1.64. The summed E-state index contributed by atoms with van der Waals surface area (Å²) in [6.07, 6.45) is 5.12. The highest BCUT2D eigenvalue weighted by Crippen LogP contribution is 2.40. The van der Waals surface area contributed by atoms with E-state index >= 15 is 0 Å². The number of aromatic nitrogens is 2. The molecule has 0 atom stereocenters. The van der Waals surface area contributed by atoms with E-state index in [4.69, 9.17) is 5.73 Å². The quantitative estimate of drug-likeness (QED) is 0.739. The highest BCUT2D eigenvalue weighted by molar-refractivity contribution is 5.17. The lowest BCUT2D eigenvalue weighted by Gasteiger charge is -2.04. The van der Waals surface area contributed by atoms with Crippen LogP contribution in [0.1, 0.15) is 38.2 Å². The van der Waals surface area contributed by atoms with Gasteiger partial charge in [-0.25, -0.2) is 4.98 Å². The molecule has 1 aliphatic rings. The summed E-state index contributed by atoms with van der Waals surface area (Å²) in [6, 6.07) is 0. The van der Waals surface area contributed by atoms with E-state index in [1.807, 2.05) is 6.20 Å². The monoisotopic (exact) mass is 179 g/mol. The molecule has 2 rings (SSSR count). The summed E-state index contributed by atoms with van der Waals surface area (Å²) in [6.45, 7) is 4.41. The molecular weight excluding hydrogens is 162 g/mol. The third kappa shape index (κ3) is 1.75. The van der Waals surface area contributed by atoms with Crippen LogP contribution >= 0.6 is 0 Å². The molecule has 0 spiro atoms. The van der Waals surface area contributed by atoms with Crippen LogP contribution < -0.4 is 5.73 Å². The van der Waals surface area contributed by atoms with E-state index in [1.54, 1.807) is 0 Å². The van der Waals surface area contributed by atoms with Crippen LogP contribution in [0, 0.1) is 5.92 Å². The first-order valence-corrected chi connectivity index (χ1v) is 4.93. The molecule has 0 saturated heterocycles. The second kappa shape index (κ2) is 2.84. The highest BCUT2D eigenvalue weighted by Gasteiger charge is 2.42. The van der Waals surface area contributed by atoms with Gasteiger partial charge in [-0.1, -0.05) is 13.8 Å². The van der Waals surface area contributed by atoms with Crippen LogP contribution in [0.15, 0.2) is 6.20 Å². The molecule has 0 unspecified atom stereocenters. The van der Waals surface area contributed by atoms with Gasteiger partial charge in [0.25, 0.3) is 0 Å². The van der Waals surface area contributed by atoms with Crippen LogP contribution in [0.5, 0.6) is 0 Å². The van der Waals surface area contributed by atoms with Crippen LogP contribution in [-0.4, -0.2) is 9.97 Å². The maximum Gasteiger partial charge on any atom is 0.126 e. The van der Waals surface area contributed by atoms with Crippen molar-refractivity contribution in [3.8, 4) is 0 Å². The molecule has 3 nitrogen and oxygen atoms in total. The molecule has 0 bridgehead atoms. The average molecular weight is 179 g/mol. The lowest BCUT2D eigenvalue weighted by Crippen LogP contribution is -2.20. The fourth-order valence-corrected chi connectivity index (χ4v) is 1.53. The molecule has 0 radical (unpaired) electrons. The van der Waals surface area contributed by atoms with E-state index in [1.165, 1.54) is 5.69 Å². The molecule has 0 aromatic carbocycles. The summed E-state index contributed by atoms with van der Waals surface area (Å²) in [5.41, 5.74) is 7.11. The molecule has 0 amide bonds. The standard InChI is InChI=1S/C10H17N3/c1-7(2)5-8-6-12-9(13-8)10(11)3-4-10/h6-7H,3-5,11H2,1-2H3,(H,12,13). The van der Waals surface area contributed by atoms with E-state index in [2.05, 4.69) is 23.8 Å². The minimum Gasteiger partial charge on any atom is -0.344 e. The van der Waals surface area contributed by atoms with Crippen molar-refractivity contribution in [2.75, 3.05) is 0 Å². The van der Waals surface area contributed by atoms with Gasteiger partial charge in [0.05, 0.1) is 5.54 Å². The maximum atomic E-state index is 6.02. The Morgan fingerprint density at radius 3 is 2.85 bits per heavy atom. The number of hydrogen-bond donors (Lipinski definition) is 2. The highest BCUT2D eigenvalue weighted by atomic mass is 15.0. The van der Waals surface area contributed by atoms with E-state index < -0.39 is 0 Å². The summed E-state index contributed by atoms with van der Waals surface area (Å²) in [5, 5.41) is 0. The van der Waals surface area contributed by atoms with Gasteiger partial charge in [-0.3, -0.25) is 0 Å². The van der Waals surface area contributed by atoms with Crippen LogP contribution in [-0.2, 0) is 12.0 Å². The van der Waals surface area contributed by atoms with Gasteiger partial charge in [0.15, 0.2) is 0 Å². The van der Waals surface area contributed by atoms with Gasteiger partial charge < -0.3 is 10.7 Å². The number of nitrogens with zero attached hydrogens (tertiary/aromatic N) is 1. The summed E-state index contributed by atoms with van der Waals surface area (Å²) < 4.78 is 0. The van der Waals surface area contributed by atoms with Crippen molar-refractivity contribution in [3.05, 3.63) is 17.7 Å². The predicted molar refractivity (Wildman–Crippen MR) is 52.2 cm³/mol. The predicted octanol–water partition coefficient (Wildman–Crippen LogP) is 1.56. The topological polar surface area (TPSA) is 54.7 Å². The molecule has 1 aromatic heterocycles. The van der Waals surface area contributed by atoms with E-state index in [-0.39, 0.29) is 5.54 Å². The number of nitrogens with two attached hydrogens (primary N) is 1. The number of aromatic amines is 1. The van der Waals surface area contributed by atoms with Crippen LogP contribution in [0.25, 0.3) is 0 Å². The average Bonchev–Trinajstić information content (AvgIpc) is 2.62. The Kier molecular flexibility index (Phi) is 1.91. The smallest absolute Gasteiger partial charge is 0.126 e. The van der Waals surface area contributed by atoms with Gasteiger partial charge in [0.1, 0.15) is 5.82 Å². The number of H-pyrrole nitrogens is 1. The molecule has 1 aliphatic carbocycles. The molecule has 1 heterocycles. The van der Waals surface area contributed by atoms with Gasteiger partial charge in [0.2, 0.25) is 0 Å². The zero-order valence-electron chi connectivity index (χ0n) is 8.30. The van der Waals surface area contributed by atoms with E-state index in [0.29, 0.717) is 5.92 Å². The Labute approximate surface area is 78.7 Å². The van der Waals surface area contributed by atoms with Gasteiger partial charge >= 0.3 is 0 Å². The molecule has 0 aliphatic heterocycles. The third-order valence-corrected chi connectivity index (χ3v) is 2.52. The van der Waals surface area contributed by atoms with Gasteiger partial charge in [-0.05, 0) is 25.2 Å². The minimum absolute atomic E-state index is 0.116. The summed E-state index contributed by atoms with van der Waals surface area (Å²) in [7, 11) is 0. The normalized spacial score (nSPS) is 19.4. The number of nitrogens with one attached hydrogen (secondary N) is 1. The lowest BCUT2D eigenvalue weighted by molar-refractivity contribution is 0.629. The maximum absolute atomic E-state index is 6.02. The minimum atomic E-state index is -0.116. The number of hydrogen-bond acceptors (Lipinski definition) is 2. The van der Waals surface area contributed by atoms with E-state index in [9.17, 15) is 0 Å². The zero-order chi connectivity index (χ0) is 9.47. The largest absolute Gasteiger partial charge is 0.344 e. The first-order valence-electron chi connectivity index (χ1n) is 4.93. The molecule has 1 saturated carbocycles. The number of imidazole rings is 1. The van der Waals surface area contributed by atoms with Gasteiger partial charge in [-0.2, -0.15) is 0 Å². The van der Waals surface area contributed by atoms with Gasteiger partial charge in [0, 0.05) is 11.9 Å². The molecule has 3 N–H and O–H groups in total. The number of rotatable bonds is 3. The fourth-order valence-electron chi connectivity index (χ4n) is 1.53. The second-order valence-electron chi connectivity index (χ2n) is 4.51. The third-order valence-electron chi connectivity index (χ3n) is 2.52. The Balaban J connectivity index is 2.09. The SMILES string of the molecule is CC(C)Cc1cnc(C2(N)CC2)[nH]1. The van der Waals surface area contributed by atoms with Crippen molar-refractivity contribution < 1.29 is 0 Å². The van der Waals surface area contributed by atoms with Crippen molar-refractivity contribution in [2.24, 2.45) is 11.7 Å². The van der Waals surface area contributed by atoms with Crippen molar-refractivity contribution in [2.45, 2.75) is 38.6 Å². The lowest BCUT2D eigenvalue weighted by atomic mass is 10.1. The van der Waals surface area contributed by atoms with Crippen LogP contribution in [0.3, 0.4) is 0 Å². The Bertz CT molecular complexity index is 297. The second-order valence-corrected chi connectivity index (χ2v) is 4.51. The van der Waals surface area contributed by atoms with Crippen LogP contribution in [0.2, 0.25) is 0 Å². The van der Waals surface area contributed by atoms with E-state index in [0.717, 1.165) is 25.1 Å². The van der Waals surface area contributed by atoms with Crippen molar-refractivity contribution in [1.82, 2.24) is 9.97 Å².